The lowest BCUT2D eigenvalue weighted by atomic mass is 10.0. The first-order valence-corrected chi connectivity index (χ1v) is 12.0. The Balaban J connectivity index is 1.71. The van der Waals surface area contributed by atoms with E-state index in [1.807, 2.05) is 61.5 Å². The number of aromatic nitrogens is 2. The monoisotopic (exact) mass is 437 g/mol. The molecule has 4 rings (SSSR count). The van der Waals surface area contributed by atoms with Gasteiger partial charge in [-0.05, 0) is 26.3 Å². The second kappa shape index (κ2) is 7.96. The molecule has 0 bridgehead atoms. The van der Waals surface area contributed by atoms with Crippen molar-refractivity contribution in [1.29, 1.82) is 0 Å². The molecule has 1 aromatic heterocycles. The van der Waals surface area contributed by atoms with Crippen LogP contribution in [0.2, 0.25) is 0 Å². The Morgan fingerprint density at radius 3 is 2.39 bits per heavy atom. The third-order valence-corrected chi connectivity index (χ3v) is 8.37. The predicted molar refractivity (Wildman–Crippen MR) is 122 cm³/mol. The van der Waals surface area contributed by atoms with Gasteiger partial charge in [0, 0.05) is 24.8 Å². The minimum atomic E-state index is -3.23. The second-order valence-corrected chi connectivity index (χ2v) is 11.5. The molecule has 0 aliphatic carbocycles. The molecular formula is C24H27N3O3S. The van der Waals surface area contributed by atoms with Crippen molar-refractivity contribution in [2.75, 3.05) is 18.8 Å². The Morgan fingerprint density at radius 2 is 1.74 bits per heavy atom. The van der Waals surface area contributed by atoms with Gasteiger partial charge >= 0.3 is 0 Å². The maximum atomic E-state index is 13.5. The van der Waals surface area contributed by atoms with E-state index < -0.39 is 14.6 Å². The van der Waals surface area contributed by atoms with Crippen molar-refractivity contribution in [2.45, 2.75) is 32.1 Å². The molecule has 1 fully saturated rings. The molecule has 1 aliphatic heterocycles. The quantitative estimate of drug-likeness (QED) is 0.626. The van der Waals surface area contributed by atoms with E-state index in [1.165, 1.54) is 0 Å². The number of sulfone groups is 1. The van der Waals surface area contributed by atoms with Crippen LogP contribution in [0.5, 0.6) is 0 Å². The highest BCUT2D eigenvalue weighted by molar-refractivity contribution is 7.92. The van der Waals surface area contributed by atoms with E-state index in [0.717, 1.165) is 16.7 Å². The topological polar surface area (TPSA) is 72.3 Å². The Labute approximate surface area is 183 Å². The van der Waals surface area contributed by atoms with Gasteiger partial charge in [0.1, 0.15) is 5.69 Å². The minimum absolute atomic E-state index is 0.0241. The summed E-state index contributed by atoms with van der Waals surface area (Å²) in [6.07, 6.45) is 1.78. The zero-order valence-corrected chi connectivity index (χ0v) is 18.9. The van der Waals surface area contributed by atoms with Crippen molar-refractivity contribution in [3.05, 3.63) is 77.5 Å². The number of hydrogen-bond acceptors (Lipinski definition) is 4. The highest BCUT2D eigenvalue weighted by Gasteiger charge is 2.42. The van der Waals surface area contributed by atoms with Crippen LogP contribution in [0.1, 0.15) is 35.3 Å². The van der Waals surface area contributed by atoms with Crippen LogP contribution in [0.25, 0.3) is 11.3 Å². The molecule has 1 amide bonds. The average molecular weight is 438 g/mol. The fourth-order valence-corrected chi connectivity index (χ4v) is 5.21. The minimum Gasteiger partial charge on any atom is -0.336 e. The second-order valence-electron chi connectivity index (χ2n) is 8.75. The first kappa shape index (κ1) is 21.3. The van der Waals surface area contributed by atoms with Gasteiger partial charge in [-0.2, -0.15) is 5.10 Å². The maximum Gasteiger partial charge on any atom is 0.257 e. The smallest absolute Gasteiger partial charge is 0.257 e. The van der Waals surface area contributed by atoms with Gasteiger partial charge in [0.05, 0.1) is 22.6 Å². The number of carbonyl (C=O) groups excluding carboxylic acids is 1. The SMILES string of the molecule is Cc1ccc(-c2nn(Cc3ccccc3)cc2C(=O)N2CCS(=O)(=O)C(C)(C)C2)cc1. The molecule has 7 heteroatoms. The molecule has 0 atom stereocenters. The summed E-state index contributed by atoms with van der Waals surface area (Å²) in [4.78, 5) is 15.1. The van der Waals surface area contributed by atoms with Crippen LogP contribution in [0.3, 0.4) is 0 Å². The summed E-state index contributed by atoms with van der Waals surface area (Å²) < 4.78 is 25.6. The summed E-state index contributed by atoms with van der Waals surface area (Å²) in [6, 6.07) is 17.9. The van der Waals surface area contributed by atoms with Gasteiger partial charge in [-0.25, -0.2) is 8.42 Å². The van der Waals surface area contributed by atoms with Gasteiger partial charge in [0.15, 0.2) is 9.84 Å². The van der Waals surface area contributed by atoms with Gasteiger partial charge in [-0.15, -0.1) is 0 Å². The largest absolute Gasteiger partial charge is 0.336 e. The van der Waals surface area contributed by atoms with E-state index >= 15 is 0 Å². The van der Waals surface area contributed by atoms with Crippen LogP contribution in [-0.2, 0) is 16.4 Å². The number of benzene rings is 2. The number of amides is 1. The third kappa shape index (κ3) is 4.28. The van der Waals surface area contributed by atoms with Crippen molar-refractivity contribution >= 4 is 15.7 Å². The van der Waals surface area contributed by atoms with Crippen molar-refractivity contribution in [2.24, 2.45) is 0 Å². The summed E-state index contributed by atoms with van der Waals surface area (Å²) in [6.45, 7) is 6.29. The summed E-state index contributed by atoms with van der Waals surface area (Å²) in [5, 5.41) is 4.74. The Hall–Kier alpha value is -2.93. The molecule has 0 N–H and O–H groups in total. The molecule has 2 aromatic carbocycles. The van der Waals surface area contributed by atoms with Gasteiger partial charge in [-0.3, -0.25) is 9.48 Å². The lowest BCUT2D eigenvalue weighted by molar-refractivity contribution is 0.0744. The normalized spacial score (nSPS) is 17.5. The summed E-state index contributed by atoms with van der Waals surface area (Å²) in [7, 11) is -3.23. The number of carbonyl (C=O) groups is 1. The molecule has 3 aromatic rings. The van der Waals surface area contributed by atoms with Crippen LogP contribution >= 0.6 is 0 Å². The van der Waals surface area contributed by atoms with Crippen LogP contribution in [-0.4, -0.2) is 52.6 Å². The first-order valence-electron chi connectivity index (χ1n) is 10.4. The predicted octanol–water partition coefficient (Wildman–Crippen LogP) is 3.56. The van der Waals surface area contributed by atoms with E-state index in [2.05, 4.69) is 0 Å². The fourth-order valence-electron chi connectivity index (χ4n) is 3.84. The molecule has 0 unspecified atom stereocenters. The van der Waals surface area contributed by atoms with Gasteiger partial charge < -0.3 is 4.90 Å². The molecule has 1 saturated heterocycles. The molecule has 0 spiro atoms. The number of hydrogen-bond donors (Lipinski definition) is 0. The van der Waals surface area contributed by atoms with Crippen molar-refractivity contribution in [3.63, 3.8) is 0 Å². The van der Waals surface area contributed by atoms with Crippen molar-refractivity contribution in [1.82, 2.24) is 14.7 Å². The van der Waals surface area contributed by atoms with E-state index in [9.17, 15) is 13.2 Å². The van der Waals surface area contributed by atoms with Gasteiger partial charge in [0.2, 0.25) is 0 Å². The standard InChI is InChI=1S/C24H27N3O3S/c1-18-9-11-20(12-10-18)22-21(16-27(25-22)15-19-7-5-4-6-8-19)23(28)26-13-14-31(29,30)24(2,3)17-26/h4-12,16H,13-15,17H2,1-3H3. The molecule has 162 valence electrons. The van der Waals surface area contributed by atoms with Crippen LogP contribution in [0.15, 0.2) is 60.8 Å². The summed E-state index contributed by atoms with van der Waals surface area (Å²) in [5.41, 5.74) is 4.19. The highest BCUT2D eigenvalue weighted by atomic mass is 32.2. The molecule has 0 radical (unpaired) electrons. The Kier molecular flexibility index (Phi) is 5.47. The van der Waals surface area contributed by atoms with Crippen LogP contribution in [0, 0.1) is 6.92 Å². The first-order chi connectivity index (χ1) is 14.7. The number of aryl methyl sites for hydroxylation is 1. The molecule has 31 heavy (non-hydrogen) atoms. The molecule has 2 heterocycles. The van der Waals surface area contributed by atoms with Crippen LogP contribution in [0.4, 0.5) is 0 Å². The molecule has 1 aliphatic rings. The molecule has 0 saturated carbocycles. The van der Waals surface area contributed by atoms with Gasteiger partial charge in [-0.1, -0.05) is 60.2 Å². The van der Waals surface area contributed by atoms with E-state index in [0.29, 0.717) is 17.8 Å². The zero-order chi connectivity index (χ0) is 22.2. The molecule has 6 nitrogen and oxygen atoms in total. The van der Waals surface area contributed by atoms with E-state index in [4.69, 9.17) is 5.10 Å². The van der Waals surface area contributed by atoms with E-state index in [-0.39, 0.29) is 24.7 Å². The maximum absolute atomic E-state index is 13.5. The Morgan fingerprint density at radius 1 is 1.06 bits per heavy atom. The van der Waals surface area contributed by atoms with E-state index in [1.54, 1.807) is 29.6 Å². The van der Waals surface area contributed by atoms with Gasteiger partial charge in [0.25, 0.3) is 5.91 Å². The fraction of sp³-hybridized carbons (Fsp3) is 0.333. The van der Waals surface area contributed by atoms with Crippen molar-refractivity contribution in [3.8, 4) is 11.3 Å². The summed E-state index contributed by atoms with van der Waals surface area (Å²) >= 11 is 0. The zero-order valence-electron chi connectivity index (χ0n) is 18.1. The lowest BCUT2D eigenvalue weighted by Crippen LogP contribution is -2.54. The highest BCUT2D eigenvalue weighted by Crippen LogP contribution is 2.28. The van der Waals surface area contributed by atoms with Crippen molar-refractivity contribution < 1.29 is 13.2 Å². The lowest BCUT2D eigenvalue weighted by Gasteiger charge is -2.37. The summed E-state index contributed by atoms with van der Waals surface area (Å²) in [5.74, 6) is -0.207. The number of nitrogens with zero attached hydrogens (tertiary/aromatic N) is 3. The molecular weight excluding hydrogens is 410 g/mol. The van der Waals surface area contributed by atoms with Crippen LogP contribution < -0.4 is 0 Å². The Bertz CT molecular complexity index is 1200. The third-order valence-electron chi connectivity index (χ3n) is 5.84. The average Bonchev–Trinajstić information content (AvgIpc) is 3.14. The number of rotatable bonds is 4.